The van der Waals surface area contributed by atoms with Gasteiger partial charge in [0.1, 0.15) is 0 Å². The Kier molecular flexibility index (Phi) is 3.04. The summed E-state index contributed by atoms with van der Waals surface area (Å²) in [6.45, 7) is 2.02. The first-order chi connectivity index (χ1) is 9.22. The van der Waals surface area contributed by atoms with E-state index in [-0.39, 0.29) is 5.78 Å². The van der Waals surface area contributed by atoms with E-state index in [0.717, 1.165) is 17.6 Å². The minimum Gasteiger partial charge on any atom is -0.294 e. The van der Waals surface area contributed by atoms with Gasteiger partial charge < -0.3 is 0 Å². The van der Waals surface area contributed by atoms with E-state index < -0.39 is 0 Å². The highest BCUT2D eigenvalue weighted by Gasteiger charge is 2.14. The van der Waals surface area contributed by atoms with Gasteiger partial charge in [-0.15, -0.1) is 0 Å². The summed E-state index contributed by atoms with van der Waals surface area (Å²) in [4.78, 5) is 11.5. The number of rotatable bonds is 2. The maximum Gasteiger partial charge on any atom is 0.160 e. The molecule has 0 aliphatic heterocycles. The van der Waals surface area contributed by atoms with Gasteiger partial charge in [0.25, 0.3) is 0 Å². The van der Waals surface area contributed by atoms with Crippen molar-refractivity contribution in [2.24, 2.45) is 0 Å². The van der Waals surface area contributed by atoms with E-state index in [1.54, 1.807) is 6.08 Å². The van der Waals surface area contributed by atoms with Crippen LogP contribution in [0.4, 0.5) is 0 Å². The highest BCUT2D eigenvalue weighted by Crippen LogP contribution is 2.26. The fraction of sp³-hybridized carbons (Fsp3) is 0.167. The van der Waals surface area contributed by atoms with Crippen LogP contribution >= 0.6 is 0 Å². The molecule has 1 aliphatic carbocycles. The predicted octanol–water partition coefficient (Wildman–Crippen LogP) is 3.81. The van der Waals surface area contributed by atoms with Gasteiger partial charge in [-0.1, -0.05) is 48.5 Å². The van der Waals surface area contributed by atoms with Crippen molar-refractivity contribution in [2.75, 3.05) is 0 Å². The van der Waals surface area contributed by atoms with Crippen LogP contribution in [-0.2, 0) is 17.6 Å². The lowest BCUT2D eigenvalue weighted by molar-refractivity contribution is -0.114. The Hall–Kier alpha value is -2.15. The lowest BCUT2D eigenvalue weighted by atomic mass is 9.88. The van der Waals surface area contributed by atoms with Gasteiger partial charge in [-0.2, -0.15) is 0 Å². The summed E-state index contributed by atoms with van der Waals surface area (Å²) in [7, 11) is 0. The van der Waals surface area contributed by atoms with Crippen molar-refractivity contribution < 1.29 is 4.79 Å². The first-order valence-corrected chi connectivity index (χ1v) is 6.59. The molecule has 0 saturated heterocycles. The summed E-state index contributed by atoms with van der Waals surface area (Å²) >= 11 is 0. The Morgan fingerprint density at radius 2 is 1.79 bits per heavy atom. The van der Waals surface area contributed by atoms with Gasteiger partial charge >= 0.3 is 0 Å². The van der Waals surface area contributed by atoms with Crippen molar-refractivity contribution >= 4 is 11.4 Å². The fourth-order valence-corrected chi connectivity index (χ4v) is 2.64. The number of hydrogen-bond donors (Lipinski definition) is 0. The molecule has 1 aliphatic rings. The number of carbonyl (C=O) groups excluding carboxylic acids is 1. The maximum atomic E-state index is 11.5. The van der Waals surface area contributed by atoms with Gasteiger partial charge in [0.2, 0.25) is 0 Å². The van der Waals surface area contributed by atoms with Crippen molar-refractivity contribution in [2.45, 2.75) is 19.8 Å². The van der Waals surface area contributed by atoms with E-state index in [1.165, 1.54) is 16.7 Å². The molecule has 0 atom stereocenters. The molecule has 0 aromatic heterocycles. The molecule has 3 rings (SSSR count). The molecule has 0 spiro atoms. The molecule has 94 valence electrons. The third-order valence-electron chi connectivity index (χ3n) is 3.59. The summed E-state index contributed by atoms with van der Waals surface area (Å²) in [6.07, 6.45) is 3.24. The van der Waals surface area contributed by atoms with Crippen molar-refractivity contribution in [1.29, 1.82) is 0 Å². The smallest absolute Gasteiger partial charge is 0.160 e. The van der Waals surface area contributed by atoms with E-state index in [1.807, 2.05) is 13.0 Å². The monoisotopic (exact) mass is 248 g/mol. The highest BCUT2D eigenvalue weighted by atomic mass is 16.1. The van der Waals surface area contributed by atoms with Crippen LogP contribution in [0.15, 0.2) is 54.6 Å². The van der Waals surface area contributed by atoms with Gasteiger partial charge in [-0.25, -0.2) is 0 Å². The lowest BCUT2D eigenvalue weighted by Gasteiger charge is -2.15. The van der Waals surface area contributed by atoms with E-state index in [4.69, 9.17) is 0 Å². The number of ketones is 1. The van der Waals surface area contributed by atoms with Crippen molar-refractivity contribution in [3.8, 4) is 0 Å². The molecule has 1 heteroatoms. The van der Waals surface area contributed by atoms with Gasteiger partial charge in [0.15, 0.2) is 5.78 Å². The molecule has 19 heavy (non-hydrogen) atoms. The summed E-state index contributed by atoms with van der Waals surface area (Å²) in [5.74, 6) is 0.209. The first kappa shape index (κ1) is 11.9. The van der Waals surface area contributed by atoms with Crippen LogP contribution in [0, 0.1) is 0 Å². The predicted molar refractivity (Wildman–Crippen MR) is 78.1 cm³/mol. The molecule has 0 unspecified atom stereocenters. The van der Waals surface area contributed by atoms with Crippen molar-refractivity contribution in [1.82, 2.24) is 0 Å². The fourth-order valence-electron chi connectivity index (χ4n) is 2.64. The average Bonchev–Trinajstić information content (AvgIpc) is 2.40. The summed E-state index contributed by atoms with van der Waals surface area (Å²) in [5.41, 5.74) is 6.08. The van der Waals surface area contributed by atoms with Crippen LogP contribution in [0.25, 0.3) is 5.57 Å². The highest BCUT2D eigenvalue weighted by molar-refractivity contribution is 6.01. The zero-order valence-electron chi connectivity index (χ0n) is 11.0. The first-order valence-electron chi connectivity index (χ1n) is 6.59. The Morgan fingerprint density at radius 1 is 1.00 bits per heavy atom. The second-order valence-electron chi connectivity index (χ2n) is 5.12. The standard InChI is InChI=1S/C18H16O/c1-13-9-17(19)12-16-8-7-15(11-18(13)16)10-14-5-3-2-4-6-14/h2-9,11H,10,12H2,1H3. The van der Waals surface area contributed by atoms with E-state index in [2.05, 4.69) is 42.5 Å². The molecule has 1 nitrogen and oxygen atoms in total. The summed E-state index contributed by atoms with van der Waals surface area (Å²) < 4.78 is 0. The molecule has 2 aromatic carbocycles. The Morgan fingerprint density at radius 3 is 2.58 bits per heavy atom. The number of hydrogen-bond acceptors (Lipinski definition) is 1. The maximum absolute atomic E-state index is 11.5. The van der Waals surface area contributed by atoms with Crippen molar-refractivity contribution in [3.63, 3.8) is 0 Å². The topological polar surface area (TPSA) is 17.1 Å². The SMILES string of the molecule is CC1=CC(=O)Cc2ccc(Cc3ccccc3)cc21. The number of carbonyl (C=O) groups is 1. The van der Waals surface area contributed by atoms with Crippen LogP contribution in [-0.4, -0.2) is 5.78 Å². The summed E-state index contributed by atoms with van der Waals surface area (Å²) in [6, 6.07) is 16.9. The third kappa shape index (κ3) is 2.50. The van der Waals surface area contributed by atoms with Crippen LogP contribution in [0.1, 0.15) is 29.2 Å². The van der Waals surface area contributed by atoms with Crippen molar-refractivity contribution in [3.05, 3.63) is 76.9 Å². The van der Waals surface area contributed by atoms with Crippen LogP contribution in [0.2, 0.25) is 0 Å². The average molecular weight is 248 g/mol. The van der Waals surface area contributed by atoms with Gasteiger partial charge in [-0.3, -0.25) is 4.79 Å². The second kappa shape index (κ2) is 4.85. The van der Waals surface area contributed by atoms with Crippen LogP contribution in [0.3, 0.4) is 0 Å². The molecule has 0 fully saturated rings. The molecule has 0 heterocycles. The van der Waals surface area contributed by atoms with Gasteiger partial charge in [0.05, 0.1) is 0 Å². The quantitative estimate of drug-likeness (QED) is 0.790. The van der Waals surface area contributed by atoms with E-state index in [0.29, 0.717) is 6.42 Å². The Labute approximate surface area is 113 Å². The van der Waals surface area contributed by atoms with E-state index in [9.17, 15) is 4.79 Å². The Balaban J connectivity index is 1.93. The van der Waals surface area contributed by atoms with Crippen LogP contribution in [0.5, 0.6) is 0 Å². The minimum atomic E-state index is 0.209. The van der Waals surface area contributed by atoms with E-state index >= 15 is 0 Å². The lowest BCUT2D eigenvalue weighted by Crippen LogP contribution is -2.08. The van der Waals surface area contributed by atoms with Gasteiger partial charge in [-0.05, 0) is 47.2 Å². The molecule has 0 N–H and O–H groups in total. The molecule has 0 amide bonds. The number of benzene rings is 2. The Bertz CT molecular complexity index is 651. The second-order valence-corrected chi connectivity index (χ2v) is 5.12. The molecule has 0 bridgehead atoms. The molecule has 0 radical (unpaired) electrons. The zero-order chi connectivity index (χ0) is 13.2. The molecular weight excluding hydrogens is 232 g/mol. The molecule has 2 aromatic rings. The number of fused-ring (bicyclic) bond motifs is 1. The zero-order valence-corrected chi connectivity index (χ0v) is 11.0. The van der Waals surface area contributed by atoms with Crippen LogP contribution < -0.4 is 0 Å². The largest absolute Gasteiger partial charge is 0.294 e. The molecular formula is C18H16O. The third-order valence-corrected chi connectivity index (χ3v) is 3.59. The minimum absolute atomic E-state index is 0.209. The molecule has 0 saturated carbocycles. The van der Waals surface area contributed by atoms with Gasteiger partial charge in [0, 0.05) is 6.42 Å². The normalized spacial score (nSPS) is 13.9. The summed E-state index contributed by atoms with van der Waals surface area (Å²) in [5, 5.41) is 0. The number of allylic oxidation sites excluding steroid dienone is 2.